The number of nitrogens with zero attached hydrogens (tertiary/aromatic N) is 2. The van der Waals surface area contributed by atoms with Crippen molar-refractivity contribution in [1.29, 1.82) is 5.26 Å². The molecular formula is C12H11N3O2. The molecule has 1 heterocycles. The average molecular weight is 229 g/mol. The van der Waals surface area contributed by atoms with E-state index >= 15 is 0 Å². The van der Waals surface area contributed by atoms with Gasteiger partial charge in [0.05, 0.1) is 5.92 Å². The van der Waals surface area contributed by atoms with Gasteiger partial charge < -0.3 is 10.4 Å². The molecule has 0 amide bonds. The maximum atomic E-state index is 10.8. The van der Waals surface area contributed by atoms with Crippen LogP contribution in [0.1, 0.15) is 12.1 Å². The molecule has 0 radical (unpaired) electrons. The minimum absolute atomic E-state index is 0.00922. The molecule has 5 nitrogen and oxygen atoms in total. The molecule has 2 unspecified atom stereocenters. The molecule has 0 saturated heterocycles. The molecule has 1 aromatic rings. The smallest absolute Gasteiger partial charge is 0.310 e. The van der Waals surface area contributed by atoms with Gasteiger partial charge in [-0.3, -0.25) is 4.79 Å². The first-order valence-electron chi connectivity index (χ1n) is 5.23. The van der Waals surface area contributed by atoms with E-state index in [1.54, 1.807) is 24.4 Å². The summed E-state index contributed by atoms with van der Waals surface area (Å²) in [5.74, 6) is -1.23. The van der Waals surface area contributed by atoms with Crippen LogP contribution in [0.2, 0.25) is 0 Å². The summed E-state index contributed by atoms with van der Waals surface area (Å²) >= 11 is 0. The topological polar surface area (TPSA) is 86.0 Å². The first kappa shape index (κ1) is 11.1. The minimum Gasteiger partial charge on any atom is -0.481 e. The van der Waals surface area contributed by atoms with Crippen molar-refractivity contribution >= 4 is 11.7 Å². The van der Waals surface area contributed by atoms with Gasteiger partial charge >= 0.3 is 5.97 Å². The Hall–Kier alpha value is -2.35. The molecule has 2 N–H and O–H groups in total. The molecule has 86 valence electrons. The molecule has 5 heteroatoms. The first-order valence-corrected chi connectivity index (χ1v) is 5.23. The number of carboxylic acid groups (broad SMARTS) is 1. The van der Waals surface area contributed by atoms with Crippen LogP contribution in [0.3, 0.4) is 0 Å². The Kier molecular flexibility index (Phi) is 3.06. The summed E-state index contributed by atoms with van der Waals surface area (Å²) < 4.78 is 0. The summed E-state index contributed by atoms with van der Waals surface area (Å²) in [6.45, 7) is 0. The van der Waals surface area contributed by atoms with Gasteiger partial charge in [-0.05, 0) is 18.6 Å². The van der Waals surface area contributed by atoms with Crippen LogP contribution >= 0.6 is 0 Å². The van der Waals surface area contributed by atoms with Gasteiger partial charge in [-0.1, -0.05) is 12.2 Å². The summed E-state index contributed by atoms with van der Waals surface area (Å²) in [6.07, 6.45) is 5.60. The summed E-state index contributed by atoms with van der Waals surface area (Å²) in [4.78, 5) is 14.6. The van der Waals surface area contributed by atoms with Gasteiger partial charge in [0.25, 0.3) is 0 Å². The molecule has 0 aromatic carbocycles. The number of hydrogen-bond acceptors (Lipinski definition) is 4. The number of nitrogens with one attached hydrogen (secondary N) is 1. The van der Waals surface area contributed by atoms with Crippen molar-refractivity contribution in [3.63, 3.8) is 0 Å². The fraction of sp³-hybridized carbons (Fsp3) is 0.250. The normalized spacial score (nSPS) is 22.1. The second-order valence-corrected chi connectivity index (χ2v) is 3.86. The minimum atomic E-state index is -0.807. The fourth-order valence-corrected chi connectivity index (χ4v) is 1.78. The Morgan fingerprint density at radius 2 is 2.41 bits per heavy atom. The van der Waals surface area contributed by atoms with Gasteiger partial charge in [-0.15, -0.1) is 0 Å². The van der Waals surface area contributed by atoms with Gasteiger partial charge in [0.2, 0.25) is 0 Å². The van der Waals surface area contributed by atoms with E-state index in [4.69, 9.17) is 10.4 Å². The quantitative estimate of drug-likeness (QED) is 0.765. The molecule has 17 heavy (non-hydrogen) atoms. The molecule has 0 spiro atoms. The molecule has 2 rings (SSSR count). The molecule has 1 aromatic heterocycles. The third kappa shape index (κ3) is 2.61. The maximum Gasteiger partial charge on any atom is 0.310 e. The Balaban J connectivity index is 2.01. The van der Waals surface area contributed by atoms with Crippen molar-refractivity contribution < 1.29 is 9.90 Å². The molecular weight excluding hydrogens is 218 g/mol. The summed E-state index contributed by atoms with van der Waals surface area (Å²) in [7, 11) is 0. The lowest BCUT2D eigenvalue weighted by Gasteiger charge is -2.13. The Morgan fingerprint density at radius 1 is 1.59 bits per heavy atom. The van der Waals surface area contributed by atoms with E-state index in [0.29, 0.717) is 12.1 Å². The summed E-state index contributed by atoms with van der Waals surface area (Å²) in [5, 5.41) is 20.7. The number of hydrogen-bond donors (Lipinski definition) is 2. The fourth-order valence-electron chi connectivity index (χ4n) is 1.78. The van der Waals surface area contributed by atoms with Crippen LogP contribution in [0.15, 0.2) is 30.5 Å². The van der Waals surface area contributed by atoms with Crippen LogP contribution in [-0.4, -0.2) is 22.1 Å². The Labute approximate surface area is 98.4 Å². The number of aliphatic carboxylic acids is 1. The maximum absolute atomic E-state index is 10.8. The number of pyridine rings is 1. The van der Waals surface area contributed by atoms with E-state index in [-0.39, 0.29) is 6.04 Å². The molecule has 0 fully saturated rings. The molecule has 1 aliphatic rings. The van der Waals surface area contributed by atoms with Crippen molar-refractivity contribution in [1.82, 2.24) is 4.98 Å². The van der Waals surface area contributed by atoms with E-state index in [9.17, 15) is 4.79 Å². The average Bonchev–Trinajstić information content (AvgIpc) is 2.78. The molecule has 0 saturated carbocycles. The number of carbonyl (C=O) groups is 1. The van der Waals surface area contributed by atoms with Crippen molar-refractivity contribution in [2.24, 2.45) is 5.92 Å². The van der Waals surface area contributed by atoms with Crippen LogP contribution in [0, 0.1) is 17.2 Å². The van der Waals surface area contributed by atoms with E-state index in [0.717, 1.165) is 5.69 Å². The van der Waals surface area contributed by atoms with Crippen LogP contribution < -0.4 is 5.32 Å². The number of aromatic nitrogens is 1. The Bertz CT molecular complexity index is 505. The van der Waals surface area contributed by atoms with E-state index in [1.165, 1.54) is 0 Å². The third-order valence-electron chi connectivity index (χ3n) is 2.63. The zero-order chi connectivity index (χ0) is 12.3. The lowest BCUT2D eigenvalue weighted by atomic mass is 10.1. The third-order valence-corrected chi connectivity index (χ3v) is 2.63. The predicted octanol–water partition coefficient (Wildman–Crippen LogP) is 1.39. The molecule has 0 bridgehead atoms. The van der Waals surface area contributed by atoms with Gasteiger partial charge in [-0.25, -0.2) is 4.98 Å². The zero-order valence-electron chi connectivity index (χ0n) is 9.00. The zero-order valence-corrected chi connectivity index (χ0v) is 9.00. The van der Waals surface area contributed by atoms with Crippen molar-refractivity contribution in [3.8, 4) is 6.07 Å². The highest BCUT2D eigenvalue weighted by Crippen LogP contribution is 2.21. The molecule has 1 aliphatic carbocycles. The van der Waals surface area contributed by atoms with E-state index in [2.05, 4.69) is 10.3 Å². The second kappa shape index (κ2) is 4.66. The summed E-state index contributed by atoms with van der Waals surface area (Å²) in [6, 6.07) is 5.34. The monoisotopic (exact) mass is 229 g/mol. The van der Waals surface area contributed by atoms with Crippen molar-refractivity contribution in [3.05, 3.63) is 36.2 Å². The van der Waals surface area contributed by atoms with Crippen molar-refractivity contribution in [2.45, 2.75) is 12.5 Å². The number of anilines is 1. The van der Waals surface area contributed by atoms with E-state index < -0.39 is 11.9 Å². The number of rotatable bonds is 3. The van der Waals surface area contributed by atoms with Gasteiger partial charge in [-0.2, -0.15) is 5.26 Å². The molecule has 0 aliphatic heterocycles. The van der Waals surface area contributed by atoms with Gasteiger partial charge in [0, 0.05) is 17.9 Å². The highest BCUT2D eigenvalue weighted by molar-refractivity contribution is 5.73. The summed E-state index contributed by atoms with van der Waals surface area (Å²) in [5.41, 5.74) is 1.11. The standard InChI is InChI=1S/C12H11N3O2/c13-7-11-6-10(3-4-14-11)15-9-2-1-8(5-9)12(16)17/h1-4,6,8-9H,5H2,(H,14,15)(H,16,17). The predicted molar refractivity (Wildman–Crippen MR) is 61.2 cm³/mol. The number of carboxylic acids is 1. The van der Waals surface area contributed by atoms with Gasteiger partial charge in [0.1, 0.15) is 11.8 Å². The SMILES string of the molecule is N#Cc1cc(NC2C=CC(C(=O)O)C2)ccn1. The van der Waals surface area contributed by atoms with Crippen LogP contribution in [0.4, 0.5) is 5.69 Å². The van der Waals surface area contributed by atoms with Crippen LogP contribution in [-0.2, 0) is 4.79 Å². The first-order chi connectivity index (χ1) is 8.19. The largest absolute Gasteiger partial charge is 0.481 e. The lowest BCUT2D eigenvalue weighted by molar-refractivity contribution is -0.140. The highest BCUT2D eigenvalue weighted by Gasteiger charge is 2.24. The van der Waals surface area contributed by atoms with Crippen LogP contribution in [0.5, 0.6) is 0 Å². The Morgan fingerprint density at radius 3 is 3.06 bits per heavy atom. The van der Waals surface area contributed by atoms with Crippen molar-refractivity contribution in [2.75, 3.05) is 5.32 Å². The highest BCUT2D eigenvalue weighted by atomic mass is 16.4. The van der Waals surface area contributed by atoms with Crippen LogP contribution in [0.25, 0.3) is 0 Å². The van der Waals surface area contributed by atoms with E-state index in [1.807, 2.05) is 12.1 Å². The number of nitriles is 1. The second-order valence-electron chi connectivity index (χ2n) is 3.86. The van der Waals surface area contributed by atoms with Gasteiger partial charge in [0.15, 0.2) is 0 Å². The lowest BCUT2D eigenvalue weighted by Crippen LogP contribution is -2.18. The molecule has 2 atom stereocenters.